The van der Waals surface area contributed by atoms with Gasteiger partial charge in [-0.15, -0.1) is 0 Å². The molecule has 0 saturated carbocycles. The Kier molecular flexibility index (Phi) is 3.56. The lowest BCUT2D eigenvalue weighted by atomic mass is 10.1. The van der Waals surface area contributed by atoms with Gasteiger partial charge in [0.15, 0.2) is 0 Å². The van der Waals surface area contributed by atoms with E-state index >= 15 is 0 Å². The first-order valence-electron chi connectivity index (χ1n) is 5.72. The normalized spacial score (nSPS) is 19.1. The summed E-state index contributed by atoms with van der Waals surface area (Å²) < 4.78 is 37.3. The molecule has 1 aliphatic heterocycles. The number of hydrogen-bond acceptors (Lipinski definition) is 2. The molecule has 2 N–H and O–H groups in total. The number of carbonyl (C=O) groups is 2. The van der Waals surface area contributed by atoms with Crippen molar-refractivity contribution >= 4 is 12.0 Å². The maximum atomic E-state index is 12.4. The van der Waals surface area contributed by atoms with E-state index in [9.17, 15) is 22.8 Å². The standard InChI is InChI=1S/C12H11F3N2O3/c13-12(14,15)8-3-1-7(2-4-8)9-5-17(6-10(18)19)11(20)16-9/h1-4,9H,5-6H2,(H,16,20)(H,18,19). The van der Waals surface area contributed by atoms with Crippen molar-refractivity contribution in [1.82, 2.24) is 10.2 Å². The lowest BCUT2D eigenvalue weighted by Crippen LogP contribution is -2.32. The predicted molar refractivity (Wildman–Crippen MR) is 61.9 cm³/mol. The molecule has 1 aromatic rings. The van der Waals surface area contributed by atoms with E-state index in [4.69, 9.17) is 5.11 Å². The Morgan fingerprint density at radius 1 is 1.35 bits per heavy atom. The Morgan fingerprint density at radius 3 is 2.45 bits per heavy atom. The molecule has 20 heavy (non-hydrogen) atoms. The molecule has 0 aromatic heterocycles. The van der Waals surface area contributed by atoms with Crippen molar-refractivity contribution in [3.63, 3.8) is 0 Å². The minimum atomic E-state index is -4.41. The highest BCUT2D eigenvalue weighted by Crippen LogP contribution is 2.30. The van der Waals surface area contributed by atoms with Gasteiger partial charge in [-0.2, -0.15) is 13.2 Å². The molecule has 1 aliphatic rings. The molecule has 108 valence electrons. The van der Waals surface area contributed by atoms with Gasteiger partial charge in [-0.1, -0.05) is 12.1 Å². The Hall–Kier alpha value is -2.25. The number of carboxylic acids is 1. The number of hydrogen-bond donors (Lipinski definition) is 2. The number of urea groups is 1. The van der Waals surface area contributed by atoms with Crippen molar-refractivity contribution in [2.75, 3.05) is 13.1 Å². The molecular weight excluding hydrogens is 277 g/mol. The predicted octanol–water partition coefficient (Wildman–Crippen LogP) is 1.86. The summed E-state index contributed by atoms with van der Waals surface area (Å²) in [6.45, 7) is -0.334. The maximum Gasteiger partial charge on any atom is 0.416 e. The van der Waals surface area contributed by atoms with Gasteiger partial charge in [0, 0.05) is 6.54 Å². The van der Waals surface area contributed by atoms with Gasteiger partial charge < -0.3 is 15.3 Å². The summed E-state index contributed by atoms with van der Waals surface area (Å²) in [5, 5.41) is 11.2. The Morgan fingerprint density at radius 2 is 1.95 bits per heavy atom. The molecule has 0 aliphatic carbocycles. The molecule has 1 unspecified atom stereocenters. The fourth-order valence-electron chi connectivity index (χ4n) is 1.98. The number of carboxylic acid groups (broad SMARTS) is 1. The summed E-state index contributed by atoms with van der Waals surface area (Å²) in [5.74, 6) is -1.15. The summed E-state index contributed by atoms with van der Waals surface area (Å²) >= 11 is 0. The molecule has 0 bridgehead atoms. The van der Waals surface area contributed by atoms with E-state index in [1.54, 1.807) is 0 Å². The number of halogens is 3. The highest BCUT2D eigenvalue weighted by atomic mass is 19.4. The summed E-state index contributed by atoms with van der Waals surface area (Å²) in [4.78, 5) is 23.1. The van der Waals surface area contributed by atoms with Gasteiger partial charge in [-0.05, 0) is 17.7 Å². The van der Waals surface area contributed by atoms with Crippen LogP contribution in [-0.2, 0) is 11.0 Å². The van der Waals surface area contributed by atoms with Crippen molar-refractivity contribution in [2.24, 2.45) is 0 Å². The van der Waals surface area contributed by atoms with Gasteiger partial charge in [-0.3, -0.25) is 4.79 Å². The van der Waals surface area contributed by atoms with E-state index in [0.717, 1.165) is 17.0 Å². The van der Waals surface area contributed by atoms with Crippen LogP contribution < -0.4 is 5.32 Å². The molecular formula is C12H11F3N2O3. The molecule has 0 spiro atoms. The van der Waals surface area contributed by atoms with E-state index in [0.29, 0.717) is 5.56 Å². The average molecular weight is 288 g/mol. The monoisotopic (exact) mass is 288 g/mol. The lowest BCUT2D eigenvalue weighted by Gasteiger charge is -2.13. The van der Waals surface area contributed by atoms with Crippen LogP contribution in [0.4, 0.5) is 18.0 Å². The fraction of sp³-hybridized carbons (Fsp3) is 0.333. The van der Waals surface area contributed by atoms with E-state index in [2.05, 4.69) is 5.32 Å². The number of amides is 2. The SMILES string of the molecule is O=C(O)CN1CC(c2ccc(C(F)(F)F)cc2)NC1=O. The Balaban J connectivity index is 2.10. The second-order valence-electron chi connectivity index (χ2n) is 4.40. The first-order chi connectivity index (χ1) is 9.27. The van der Waals surface area contributed by atoms with Gasteiger partial charge in [0.25, 0.3) is 0 Å². The first-order valence-corrected chi connectivity index (χ1v) is 5.72. The number of nitrogens with zero attached hydrogens (tertiary/aromatic N) is 1. The smallest absolute Gasteiger partial charge is 0.416 e. The van der Waals surface area contributed by atoms with Gasteiger partial charge >= 0.3 is 18.2 Å². The van der Waals surface area contributed by atoms with Gasteiger partial charge in [0.05, 0.1) is 11.6 Å². The van der Waals surface area contributed by atoms with Crippen molar-refractivity contribution in [3.05, 3.63) is 35.4 Å². The van der Waals surface area contributed by atoms with Gasteiger partial charge in [0.1, 0.15) is 6.54 Å². The summed E-state index contributed by atoms with van der Waals surface area (Å²) in [6, 6.07) is 3.36. The van der Waals surface area contributed by atoms with Crippen molar-refractivity contribution in [1.29, 1.82) is 0 Å². The zero-order valence-corrected chi connectivity index (χ0v) is 10.1. The first kappa shape index (κ1) is 14.2. The van der Waals surface area contributed by atoms with Crippen LogP contribution >= 0.6 is 0 Å². The quantitative estimate of drug-likeness (QED) is 0.892. The zero-order chi connectivity index (χ0) is 14.9. The highest BCUT2D eigenvalue weighted by Gasteiger charge is 2.33. The summed E-state index contributed by atoms with van der Waals surface area (Å²) in [5.41, 5.74) is -0.271. The minimum absolute atomic E-state index is 0.108. The maximum absolute atomic E-state index is 12.4. The molecule has 8 heteroatoms. The molecule has 2 amide bonds. The van der Waals surface area contributed by atoms with Crippen LogP contribution in [0.25, 0.3) is 0 Å². The minimum Gasteiger partial charge on any atom is -0.480 e. The number of alkyl halides is 3. The molecule has 0 radical (unpaired) electrons. The number of aliphatic carboxylic acids is 1. The number of nitrogens with one attached hydrogen (secondary N) is 1. The second kappa shape index (κ2) is 5.03. The van der Waals surface area contributed by atoms with Crippen LogP contribution in [0.3, 0.4) is 0 Å². The molecule has 1 heterocycles. The molecule has 1 atom stereocenters. The molecule has 1 aromatic carbocycles. The molecule has 1 saturated heterocycles. The summed E-state index contributed by atoms with van der Waals surface area (Å²) in [6.07, 6.45) is -4.41. The van der Waals surface area contributed by atoms with Crippen molar-refractivity contribution in [2.45, 2.75) is 12.2 Å². The third-order valence-electron chi connectivity index (χ3n) is 2.95. The van der Waals surface area contributed by atoms with E-state index in [-0.39, 0.29) is 6.54 Å². The van der Waals surface area contributed by atoms with Crippen LogP contribution in [0.2, 0.25) is 0 Å². The fourth-order valence-corrected chi connectivity index (χ4v) is 1.98. The molecule has 1 fully saturated rings. The number of carbonyl (C=O) groups excluding carboxylic acids is 1. The Bertz CT molecular complexity index is 528. The number of benzene rings is 1. The summed E-state index contributed by atoms with van der Waals surface area (Å²) in [7, 11) is 0. The third kappa shape index (κ3) is 3.01. The lowest BCUT2D eigenvalue weighted by molar-refractivity contribution is -0.138. The van der Waals surface area contributed by atoms with Crippen LogP contribution in [0, 0.1) is 0 Å². The second-order valence-corrected chi connectivity index (χ2v) is 4.40. The highest BCUT2D eigenvalue weighted by molar-refractivity contribution is 5.82. The van der Waals surface area contributed by atoms with Gasteiger partial charge in [0.2, 0.25) is 0 Å². The van der Waals surface area contributed by atoms with E-state index in [1.165, 1.54) is 12.1 Å². The van der Waals surface area contributed by atoms with Crippen LogP contribution in [0.5, 0.6) is 0 Å². The van der Waals surface area contributed by atoms with Crippen molar-refractivity contribution in [3.8, 4) is 0 Å². The average Bonchev–Trinajstić information content (AvgIpc) is 2.69. The number of rotatable bonds is 3. The Labute approximate surface area is 112 Å². The van der Waals surface area contributed by atoms with Gasteiger partial charge in [-0.25, -0.2) is 4.79 Å². The van der Waals surface area contributed by atoms with Crippen LogP contribution in [0.15, 0.2) is 24.3 Å². The van der Waals surface area contributed by atoms with Crippen molar-refractivity contribution < 1.29 is 27.9 Å². The third-order valence-corrected chi connectivity index (χ3v) is 2.95. The zero-order valence-electron chi connectivity index (χ0n) is 10.1. The van der Waals surface area contributed by atoms with Crippen LogP contribution in [-0.4, -0.2) is 35.1 Å². The topological polar surface area (TPSA) is 69.6 Å². The van der Waals surface area contributed by atoms with Crippen LogP contribution in [0.1, 0.15) is 17.2 Å². The largest absolute Gasteiger partial charge is 0.480 e. The van der Waals surface area contributed by atoms with E-state index in [1.807, 2.05) is 0 Å². The molecule has 2 rings (SSSR count). The van der Waals surface area contributed by atoms with E-state index < -0.39 is 36.3 Å². The molecule has 5 nitrogen and oxygen atoms in total.